The Morgan fingerprint density at radius 2 is 1.40 bits per heavy atom. The number of halogens is 1. The first-order chi connectivity index (χ1) is 9.81. The van der Waals surface area contributed by atoms with E-state index in [-0.39, 0.29) is 5.82 Å². The molecule has 3 heteroatoms. The summed E-state index contributed by atoms with van der Waals surface area (Å²) in [6, 6.07) is 15.2. The zero-order chi connectivity index (χ0) is 13.8. The van der Waals surface area contributed by atoms with E-state index in [0.717, 1.165) is 43.9 Å². The van der Waals surface area contributed by atoms with Crippen LogP contribution in [-0.4, -0.2) is 31.1 Å². The third-order valence-electron chi connectivity index (χ3n) is 3.75. The molecule has 20 heavy (non-hydrogen) atoms. The highest BCUT2D eigenvalue weighted by atomic mass is 19.1. The van der Waals surface area contributed by atoms with Gasteiger partial charge in [0.05, 0.1) is 0 Å². The van der Waals surface area contributed by atoms with Crippen LogP contribution in [0.4, 0.5) is 4.39 Å². The van der Waals surface area contributed by atoms with Crippen LogP contribution in [0, 0.1) is 5.82 Å². The number of hydrogen-bond acceptors (Lipinski definition) is 2. The van der Waals surface area contributed by atoms with Gasteiger partial charge in [0.25, 0.3) is 0 Å². The number of piperazine rings is 1. The van der Waals surface area contributed by atoms with Crippen molar-refractivity contribution in [2.75, 3.05) is 26.2 Å². The molecule has 0 bridgehead atoms. The zero-order valence-corrected chi connectivity index (χ0v) is 11.5. The van der Waals surface area contributed by atoms with Crippen LogP contribution < -0.4 is 5.32 Å². The zero-order valence-electron chi connectivity index (χ0n) is 11.5. The lowest BCUT2D eigenvalue weighted by Crippen LogP contribution is -2.42. The Morgan fingerprint density at radius 1 is 0.850 bits per heavy atom. The fourth-order valence-electron chi connectivity index (χ4n) is 2.57. The van der Waals surface area contributed by atoms with Crippen molar-refractivity contribution in [1.29, 1.82) is 0 Å². The molecule has 1 fully saturated rings. The maximum absolute atomic E-state index is 12.9. The van der Waals surface area contributed by atoms with Crippen LogP contribution >= 0.6 is 0 Å². The first kappa shape index (κ1) is 13.3. The highest BCUT2D eigenvalue weighted by Crippen LogP contribution is 2.20. The van der Waals surface area contributed by atoms with Crippen molar-refractivity contribution in [3.05, 3.63) is 59.9 Å². The lowest BCUT2D eigenvalue weighted by atomic mass is 10.0. The van der Waals surface area contributed by atoms with Gasteiger partial charge >= 0.3 is 0 Å². The van der Waals surface area contributed by atoms with E-state index in [9.17, 15) is 4.39 Å². The predicted molar refractivity (Wildman–Crippen MR) is 80.0 cm³/mol. The SMILES string of the molecule is Fc1ccc(-c2ccc(CN3CCNCC3)cc2)cc1. The van der Waals surface area contributed by atoms with E-state index in [1.165, 1.54) is 17.7 Å². The summed E-state index contributed by atoms with van der Waals surface area (Å²) in [5.41, 5.74) is 3.52. The van der Waals surface area contributed by atoms with Crippen molar-refractivity contribution in [2.45, 2.75) is 6.54 Å². The maximum atomic E-state index is 12.9. The van der Waals surface area contributed by atoms with Gasteiger partial charge in [0.2, 0.25) is 0 Å². The summed E-state index contributed by atoms with van der Waals surface area (Å²) in [6.45, 7) is 5.38. The predicted octanol–water partition coefficient (Wildman–Crippen LogP) is 2.90. The monoisotopic (exact) mass is 270 g/mol. The van der Waals surface area contributed by atoms with Crippen LogP contribution in [0.25, 0.3) is 11.1 Å². The minimum absolute atomic E-state index is 0.191. The molecular formula is C17H19FN2. The lowest BCUT2D eigenvalue weighted by molar-refractivity contribution is 0.233. The Hall–Kier alpha value is -1.71. The van der Waals surface area contributed by atoms with Crippen LogP contribution in [-0.2, 0) is 6.54 Å². The van der Waals surface area contributed by atoms with Crippen LogP contribution in [0.2, 0.25) is 0 Å². The fraction of sp³-hybridized carbons (Fsp3) is 0.294. The van der Waals surface area contributed by atoms with E-state index < -0.39 is 0 Å². The van der Waals surface area contributed by atoms with Gasteiger partial charge in [-0.15, -0.1) is 0 Å². The third kappa shape index (κ3) is 3.24. The van der Waals surface area contributed by atoms with Crippen molar-refractivity contribution in [1.82, 2.24) is 10.2 Å². The molecule has 0 amide bonds. The molecule has 1 heterocycles. The Balaban J connectivity index is 1.69. The molecule has 1 saturated heterocycles. The quantitative estimate of drug-likeness (QED) is 0.922. The smallest absolute Gasteiger partial charge is 0.123 e. The van der Waals surface area contributed by atoms with E-state index in [2.05, 4.69) is 34.5 Å². The summed E-state index contributed by atoms with van der Waals surface area (Å²) < 4.78 is 12.9. The summed E-state index contributed by atoms with van der Waals surface area (Å²) >= 11 is 0. The third-order valence-corrected chi connectivity index (χ3v) is 3.75. The maximum Gasteiger partial charge on any atom is 0.123 e. The molecule has 0 unspecified atom stereocenters. The van der Waals surface area contributed by atoms with Crippen molar-refractivity contribution in [3.8, 4) is 11.1 Å². The molecule has 1 aliphatic rings. The lowest BCUT2D eigenvalue weighted by Gasteiger charge is -2.27. The van der Waals surface area contributed by atoms with Gasteiger partial charge in [-0.1, -0.05) is 36.4 Å². The molecule has 0 saturated carbocycles. The van der Waals surface area contributed by atoms with Crippen LogP contribution in [0.5, 0.6) is 0 Å². The second-order valence-electron chi connectivity index (χ2n) is 5.23. The minimum atomic E-state index is -0.191. The van der Waals surface area contributed by atoms with Crippen molar-refractivity contribution >= 4 is 0 Å². The topological polar surface area (TPSA) is 15.3 Å². The van der Waals surface area contributed by atoms with E-state index in [1.807, 2.05) is 12.1 Å². The van der Waals surface area contributed by atoms with Gasteiger partial charge in [0.1, 0.15) is 5.82 Å². The van der Waals surface area contributed by atoms with Gasteiger partial charge in [-0.3, -0.25) is 4.90 Å². The molecule has 0 radical (unpaired) electrons. The molecule has 2 aromatic rings. The Morgan fingerprint density at radius 3 is 2.00 bits per heavy atom. The molecule has 104 valence electrons. The van der Waals surface area contributed by atoms with Gasteiger partial charge in [0, 0.05) is 32.7 Å². The second kappa shape index (κ2) is 6.16. The number of nitrogens with one attached hydrogen (secondary N) is 1. The number of hydrogen-bond donors (Lipinski definition) is 1. The highest BCUT2D eigenvalue weighted by Gasteiger charge is 2.09. The largest absolute Gasteiger partial charge is 0.314 e. The Kier molecular flexibility index (Phi) is 4.09. The van der Waals surface area contributed by atoms with Crippen molar-refractivity contribution in [3.63, 3.8) is 0 Å². The van der Waals surface area contributed by atoms with Gasteiger partial charge in [-0.2, -0.15) is 0 Å². The number of nitrogens with zero attached hydrogens (tertiary/aromatic N) is 1. The number of benzene rings is 2. The van der Waals surface area contributed by atoms with Crippen molar-refractivity contribution < 1.29 is 4.39 Å². The van der Waals surface area contributed by atoms with Crippen LogP contribution in [0.1, 0.15) is 5.56 Å². The Labute approximate surface area is 119 Å². The highest BCUT2D eigenvalue weighted by molar-refractivity contribution is 5.63. The van der Waals surface area contributed by atoms with Gasteiger partial charge in [-0.25, -0.2) is 4.39 Å². The fourth-order valence-corrected chi connectivity index (χ4v) is 2.57. The summed E-state index contributed by atoms with van der Waals surface area (Å²) in [4.78, 5) is 2.46. The first-order valence-electron chi connectivity index (χ1n) is 7.09. The molecule has 2 aromatic carbocycles. The summed E-state index contributed by atoms with van der Waals surface area (Å²) in [7, 11) is 0. The van der Waals surface area contributed by atoms with E-state index >= 15 is 0 Å². The molecule has 0 aromatic heterocycles. The molecule has 0 spiro atoms. The molecule has 0 atom stereocenters. The average Bonchev–Trinajstić information content (AvgIpc) is 2.50. The van der Waals surface area contributed by atoms with E-state index in [1.54, 1.807) is 0 Å². The molecule has 3 rings (SSSR count). The molecule has 1 aliphatic heterocycles. The first-order valence-corrected chi connectivity index (χ1v) is 7.09. The summed E-state index contributed by atoms with van der Waals surface area (Å²) in [5, 5.41) is 3.36. The van der Waals surface area contributed by atoms with Crippen LogP contribution in [0.3, 0.4) is 0 Å². The molecule has 1 N–H and O–H groups in total. The summed E-state index contributed by atoms with van der Waals surface area (Å²) in [6.07, 6.45) is 0. The normalized spacial score (nSPS) is 16.2. The van der Waals surface area contributed by atoms with E-state index in [0.29, 0.717) is 0 Å². The molecule has 0 aliphatic carbocycles. The minimum Gasteiger partial charge on any atom is -0.314 e. The summed E-state index contributed by atoms with van der Waals surface area (Å²) in [5.74, 6) is -0.191. The van der Waals surface area contributed by atoms with Gasteiger partial charge in [0.15, 0.2) is 0 Å². The van der Waals surface area contributed by atoms with E-state index in [4.69, 9.17) is 0 Å². The molecule has 2 nitrogen and oxygen atoms in total. The second-order valence-corrected chi connectivity index (χ2v) is 5.23. The van der Waals surface area contributed by atoms with Crippen LogP contribution in [0.15, 0.2) is 48.5 Å². The van der Waals surface area contributed by atoms with Gasteiger partial charge < -0.3 is 5.32 Å². The average molecular weight is 270 g/mol. The van der Waals surface area contributed by atoms with Crippen molar-refractivity contribution in [2.24, 2.45) is 0 Å². The Bertz CT molecular complexity index is 542. The molecular weight excluding hydrogens is 251 g/mol. The van der Waals surface area contributed by atoms with Gasteiger partial charge in [-0.05, 0) is 28.8 Å². The number of rotatable bonds is 3. The standard InChI is InChI=1S/C17H19FN2/c18-17-7-5-16(6-8-17)15-3-1-14(2-4-15)13-20-11-9-19-10-12-20/h1-8,19H,9-13H2.